The minimum Gasteiger partial charge on any atom is -0.454 e. The molecule has 0 fully saturated rings. The second-order valence-corrected chi connectivity index (χ2v) is 1.45. The SMILES string of the molecule is CC/C(C)=N/O[Si]. The Labute approximate surface area is 47.1 Å². The first-order chi connectivity index (χ1) is 3.31. The molecule has 0 aliphatic rings. The summed E-state index contributed by atoms with van der Waals surface area (Å²) in [6, 6.07) is 0. The van der Waals surface area contributed by atoms with Crippen molar-refractivity contribution >= 4 is 16.2 Å². The molecule has 0 N–H and O–H groups in total. The summed E-state index contributed by atoms with van der Waals surface area (Å²) in [4.78, 5) is 0. The van der Waals surface area contributed by atoms with Crippen molar-refractivity contribution < 1.29 is 4.53 Å². The molecule has 0 aromatic rings. The van der Waals surface area contributed by atoms with Crippen molar-refractivity contribution in [3.05, 3.63) is 0 Å². The van der Waals surface area contributed by atoms with Gasteiger partial charge in [0.25, 0.3) is 0 Å². The fourth-order valence-electron chi connectivity index (χ4n) is 0.142. The monoisotopic (exact) mass is 114 g/mol. The topological polar surface area (TPSA) is 21.6 Å². The molecule has 0 amide bonds. The van der Waals surface area contributed by atoms with E-state index >= 15 is 0 Å². The molecule has 39 valence electrons. The van der Waals surface area contributed by atoms with Crippen LogP contribution in [-0.4, -0.2) is 16.2 Å². The molecule has 0 heterocycles. The molecule has 3 heteroatoms. The highest BCUT2D eigenvalue weighted by Gasteiger charge is 1.80. The number of rotatable bonds is 2. The molecule has 0 aliphatic carbocycles. The van der Waals surface area contributed by atoms with E-state index < -0.39 is 0 Å². The van der Waals surface area contributed by atoms with Crippen molar-refractivity contribution in [3.63, 3.8) is 0 Å². The highest BCUT2D eigenvalue weighted by molar-refractivity contribution is 5.98. The van der Waals surface area contributed by atoms with Crippen LogP contribution in [0.5, 0.6) is 0 Å². The lowest BCUT2D eigenvalue weighted by molar-refractivity contribution is 0.376. The Balaban J connectivity index is 3.29. The van der Waals surface area contributed by atoms with Crippen LogP contribution in [0.2, 0.25) is 0 Å². The smallest absolute Gasteiger partial charge is 0.387 e. The molecule has 0 unspecified atom stereocenters. The van der Waals surface area contributed by atoms with E-state index in [0.29, 0.717) is 0 Å². The molecule has 0 aromatic heterocycles. The summed E-state index contributed by atoms with van der Waals surface area (Å²) in [5.41, 5.74) is 0.981. The second kappa shape index (κ2) is 3.86. The van der Waals surface area contributed by atoms with Gasteiger partial charge in [-0.1, -0.05) is 6.92 Å². The largest absolute Gasteiger partial charge is 0.454 e. The predicted molar refractivity (Wildman–Crippen MR) is 30.2 cm³/mol. The van der Waals surface area contributed by atoms with Gasteiger partial charge in [-0.25, -0.2) is 0 Å². The minimum absolute atomic E-state index is 0.935. The number of nitrogens with zero attached hydrogens (tertiary/aromatic N) is 1. The van der Waals surface area contributed by atoms with E-state index in [0.717, 1.165) is 12.1 Å². The lowest BCUT2D eigenvalue weighted by atomic mass is 10.3. The lowest BCUT2D eigenvalue weighted by Crippen LogP contribution is -1.87. The predicted octanol–water partition coefficient (Wildman–Crippen LogP) is 0.872. The molecular formula is C4H8NOSi. The Morgan fingerprint density at radius 3 is 2.57 bits per heavy atom. The molecule has 3 radical (unpaired) electrons. The molecule has 2 nitrogen and oxygen atoms in total. The van der Waals surface area contributed by atoms with Gasteiger partial charge in [0.05, 0.1) is 5.71 Å². The van der Waals surface area contributed by atoms with Gasteiger partial charge in [-0.3, -0.25) is 0 Å². The van der Waals surface area contributed by atoms with Gasteiger partial charge >= 0.3 is 10.5 Å². The van der Waals surface area contributed by atoms with Crippen LogP contribution in [0.1, 0.15) is 20.3 Å². The number of hydrogen-bond donors (Lipinski definition) is 0. The molecule has 0 rings (SSSR count). The van der Waals surface area contributed by atoms with E-state index in [1.807, 2.05) is 13.8 Å². The zero-order valence-electron chi connectivity index (χ0n) is 4.56. The zero-order chi connectivity index (χ0) is 5.70. The Morgan fingerprint density at radius 2 is 2.43 bits per heavy atom. The maximum absolute atomic E-state index is 4.29. The third-order valence-electron chi connectivity index (χ3n) is 0.713. The maximum Gasteiger partial charge on any atom is 0.387 e. The van der Waals surface area contributed by atoms with E-state index in [1.165, 1.54) is 0 Å². The molecular weight excluding hydrogens is 106 g/mol. The van der Waals surface area contributed by atoms with Gasteiger partial charge in [-0.15, -0.1) is 5.16 Å². The third kappa shape index (κ3) is 3.52. The summed E-state index contributed by atoms with van der Waals surface area (Å²) in [6.45, 7) is 3.92. The maximum atomic E-state index is 4.29. The summed E-state index contributed by atoms with van der Waals surface area (Å²) in [5, 5.41) is 3.57. The quantitative estimate of drug-likeness (QED) is 0.296. The van der Waals surface area contributed by atoms with Gasteiger partial charge in [0.2, 0.25) is 0 Å². The van der Waals surface area contributed by atoms with Crippen molar-refractivity contribution in [1.82, 2.24) is 0 Å². The van der Waals surface area contributed by atoms with Crippen molar-refractivity contribution in [2.24, 2.45) is 5.16 Å². The van der Waals surface area contributed by atoms with E-state index in [4.69, 9.17) is 0 Å². The molecule has 0 spiro atoms. The van der Waals surface area contributed by atoms with E-state index in [2.05, 4.69) is 20.2 Å². The van der Waals surface area contributed by atoms with Gasteiger partial charge < -0.3 is 4.53 Å². The van der Waals surface area contributed by atoms with Crippen LogP contribution in [0, 0.1) is 0 Å². The first-order valence-corrected chi connectivity index (χ1v) is 2.58. The average Bonchev–Trinajstić information content (AvgIpc) is 1.68. The highest BCUT2D eigenvalue weighted by Crippen LogP contribution is 1.81. The number of hydrogen-bond acceptors (Lipinski definition) is 2. The zero-order valence-corrected chi connectivity index (χ0v) is 5.56. The van der Waals surface area contributed by atoms with E-state index in [9.17, 15) is 0 Å². The summed E-state index contributed by atoms with van der Waals surface area (Å²) in [5.74, 6) is 0. The number of oxime groups is 1. The van der Waals surface area contributed by atoms with Crippen LogP contribution < -0.4 is 0 Å². The van der Waals surface area contributed by atoms with Gasteiger partial charge in [0.15, 0.2) is 0 Å². The molecule has 0 saturated carbocycles. The summed E-state index contributed by atoms with van der Waals surface area (Å²) >= 11 is 0. The second-order valence-electron chi connectivity index (χ2n) is 1.27. The van der Waals surface area contributed by atoms with Gasteiger partial charge in [-0.2, -0.15) is 0 Å². The van der Waals surface area contributed by atoms with Gasteiger partial charge in [0.1, 0.15) is 0 Å². The molecule has 0 bridgehead atoms. The van der Waals surface area contributed by atoms with Crippen molar-refractivity contribution in [2.75, 3.05) is 0 Å². The summed E-state index contributed by atoms with van der Waals surface area (Å²) in [6.07, 6.45) is 0.935. The third-order valence-corrected chi connectivity index (χ3v) is 0.804. The Hall–Kier alpha value is -0.313. The van der Waals surface area contributed by atoms with Crippen molar-refractivity contribution in [3.8, 4) is 0 Å². The molecule has 0 atom stereocenters. The van der Waals surface area contributed by atoms with Gasteiger partial charge in [-0.05, 0) is 13.3 Å². The first-order valence-electron chi connectivity index (χ1n) is 2.17. The molecule has 0 aromatic carbocycles. The van der Waals surface area contributed by atoms with Gasteiger partial charge in [0, 0.05) is 0 Å². The van der Waals surface area contributed by atoms with Crippen LogP contribution in [0.25, 0.3) is 0 Å². The van der Waals surface area contributed by atoms with Crippen molar-refractivity contribution in [1.29, 1.82) is 0 Å². The van der Waals surface area contributed by atoms with E-state index in [1.54, 1.807) is 0 Å². The standard InChI is InChI=1S/C4H8NOSi/c1-3-4(2)5-6-7/h3H2,1-2H3/b5-4+. The normalized spacial score (nSPS) is 11.6. The lowest BCUT2D eigenvalue weighted by Gasteiger charge is -1.89. The summed E-state index contributed by atoms with van der Waals surface area (Å²) < 4.78 is 4.29. The Kier molecular flexibility index (Phi) is 3.69. The molecule has 0 aliphatic heterocycles. The van der Waals surface area contributed by atoms with Crippen LogP contribution in [-0.2, 0) is 4.53 Å². The Bertz CT molecular complexity index is 72.1. The van der Waals surface area contributed by atoms with Crippen LogP contribution >= 0.6 is 0 Å². The fraction of sp³-hybridized carbons (Fsp3) is 0.750. The minimum atomic E-state index is 0.935. The Morgan fingerprint density at radius 1 is 1.86 bits per heavy atom. The fourth-order valence-corrected chi connectivity index (χ4v) is 0.298. The van der Waals surface area contributed by atoms with E-state index in [-0.39, 0.29) is 0 Å². The van der Waals surface area contributed by atoms with Crippen LogP contribution in [0.15, 0.2) is 5.16 Å². The summed E-state index contributed by atoms with van der Waals surface area (Å²) in [7, 11) is 2.75. The van der Waals surface area contributed by atoms with Crippen LogP contribution in [0.4, 0.5) is 0 Å². The highest BCUT2D eigenvalue weighted by atomic mass is 28.2. The molecule has 0 saturated heterocycles. The van der Waals surface area contributed by atoms with Crippen molar-refractivity contribution in [2.45, 2.75) is 20.3 Å². The average molecular weight is 114 g/mol. The van der Waals surface area contributed by atoms with Crippen LogP contribution in [0.3, 0.4) is 0 Å². The molecule has 7 heavy (non-hydrogen) atoms. The first kappa shape index (κ1) is 6.69.